The summed E-state index contributed by atoms with van der Waals surface area (Å²) >= 11 is 0. The van der Waals surface area contributed by atoms with Gasteiger partial charge in [-0.15, -0.1) is 0 Å². The van der Waals surface area contributed by atoms with Gasteiger partial charge in [-0.05, 0) is 16.7 Å². The van der Waals surface area contributed by atoms with Crippen LogP contribution in [0.3, 0.4) is 0 Å². The highest BCUT2D eigenvalue weighted by molar-refractivity contribution is 5.66. The Kier molecular flexibility index (Phi) is 3.73. The first-order chi connectivity index (χ1) is 8.27. The lowest BCUT2D eigenvalue weighted by atomic mass is 9.97. The molecule has 1 unspecified atom stereocenters. The lowest BCUT2D eigenvalue weighted by Crippen LogP contribution is -2.12. The SMILES string of the molecule is C=C(c1ccccc1)C(O)Cc1ccccc1. The first-order valence-corrected chi connectivity index (χ1v) is 5.73. The Hall–Kier alpha value is -1.86. The number of rotatable bonds is 4. The lowest BCUT2D eigenvalue weighted by Gasteiger charge is -2.14. The second-order valence-electron chi connectivity index (χ2n) is 4.10. The van der Waals surface area contributed by atoms with Gasteiger partial charge in [0.25, 0.3) is 0 Å². The average molecular weight is 224 g/mol. The Morgan fingerprint density at radius 3 is 2.06 bits per heavy atom. The molecule has 1 nitrogen and oxygen atoms in total. The first-order valence-electron chi connectivity index (χ1n) is 5.73. The molecule has 2 aromatic rings. The van der Waals surface area contributed by atoms with E-state index in [2.05, 4.69) is 6.58 Å². The smallest absolute Gasteiger partial charge is 0.0830 e. The third kappa shape index (κ3) is 3.05. The monoisotopic (exact) mass is 224 g/mol. The minimum atomic E-state index is -0.528. The molecule has 1 atom stereocenters. The lowest BCUT2D eigenvalue weighted by molar-refractivity contribution is 0.233. The van der Waals surface area contributed by atoms with Crippen LogP contribution in [-0.4, -0.2) is 11.2 Å². The fourth-order valence-electron chi connectivity index (χ4n) is 1.81. The van der Waals surface area contributed by atoms with Gasteiger partial charge < -0.3 is 5.11 Å². The zero-order valence-corrected chi connectivity index (χ0v) is 9.71. The van der Waals surface area contributed by atoms with Crippen molar-refractivity contribution >= 4 is 5.57 Å². The molecule has 0 fully saturated rings. The number of aliphatic hydroxyl groups is 1. The summed E-state index contributed by atoms with van der Waals surface area (Å²) in [5, 5.41) is 10.1. The average Bonchev–Trinajstić information content (AvgIpc) is 2.40. The fraction of sp³-hybridized carbons (Fsp3) is 0.125. The van der Waals surface area contributed by atoms with Gasteiger partial charge in [-0.25, -0.2) is 0 Å². The van der Waals surface area contributed by atoms with Gasteiger partial charge in [-0.1, -0.05) is 67.2 Å². The summed E-state index contributed by atoms with van der Waals surface area (Å²) in [6.07, 6.45) is 0.0778. The maximum absolute atomic E-state index is 10.1. The van der Waals surface area contributed by atoms with Crippen molar-refractivity contribution in [2.75, 3.05) is 0 Å². The largest absolute Gasteiger partial charge is 0.388 e. The standard InChI is InChI=1S/C16H16O/c1-13(15-10-6-3-7-11-15)16(17)12-14-8-4-2-5-9-14/h2-11,16-17H,1,12H2. The molecule has 0 aromatic heterocycles. The van der Waals surface area contributed by atoms with E-state index in [1.807, 2.05) is 60.7 Å². The van der Waals surface area contributed by atoms with Crippen LogP contribution in [0.15, 0.2) is 67.2 Å². The number of benzene rings is 2. The topological polar surface area (TPSA) is 20.2 Å². The summed E-state index contributed by atoms with van der Waals surface area (Å²) in [6.45, 7) is 3.97. The van der Waals surface area contributed by atoms with Crippen molar-refractivity contribution in [3.63, 3.8) is 0 Å². The molecule has 0 bridgehead atoms. The van der Waals surface area contributed by atoms with Crippen LogP contribution in [0.4, 0.5) is 0 Å². The summed E-state index contributed by atoms with van der Waals surface area (Å²) in [5.41, 5.74) is 2.89. The minimum absolute atomic E-state index is 0.528. The molecule has 0 heterocycles. The van der Waals surface area contributed by atoms with Crippen molar-refractivity contribution in [3.05, 3.63) is 78.4 Å². The molecule has 0 amide bonds. The van der Waals surface area contributed by atoms with E-state index in [4.69, 9.17) is 0 Å². The molecule has 0 saturated carbocycles. The molecular weight excluding hydrogens is 208 g/mol. The number of aliphatic hydroxyl groups excluding tert-OH is 1. The third-order valence-corrected chi connectivity index (χ3v) is 2.82. The van der Waals surface area contributed by atoms with Gasteiger partial charge in [0.05, 0.1) is 6.10 Å². The molecule has 86 valence electrons. The molecule has 1 heteroatoms. The summed E-state index contributed by atoms with van der Waals surface area (Å²) in [7, 11) is 0. The predicted molar refractivity (Wildman–Crippen MR) is 71.6 cm³/mol. The van der Waals surface area contributed by atoms with Crippen LogP contribution in [0.25, 0.3) is 5.57 Å². The zero-order valence-electron chi connectivity index (χ0n) is 9.71. The minimum Gasteiger partial charge on any atom is -0.388 e. The quantitative estimate of drug-likeness (QED) is 0.844. The van der Waals surface area contributed by atoms with E-state index in [9.17, 15) is 5.11 Å². The Labute approximate surface area is 102 Å². The first kappa shape index (κ1) is 11.6. The third-order valence-electron chi connectivity index (χ3n) is 2.82. The maximum atomic E-state index is 10.1. The summed E-state index contributed by atoms with van der Waals surface area (Å²) in [4.78, 5) is 0. The van der Waals surface area contributed by atoms with Crippen LogP contribution in [0.1, 0.15) is 11.1 Å². The zero-order chi connectivity index (χ0) is 12.1. The molecule has 1 N–H and O–H groups in total. The Bertz CT molecular complexity index is 473. The van der Waals surface area contributed by atoms with E-state index in [-0.39, 0.29) is 0 Å². The molecular formula is C16H16O. The van der Waals surface area contributed by atoms with Gasteiger partial charge in [-0.3, -0.25) is 0 Å². The molecule has 0 aliphatic carbocycles. The van der Waals surface area contributed by atoms with Crippen molar-refractivity contribution in [2.45, 2.75) is 12.5 Å². The van der Waals surface area contributed by atoms with Gasteiger partial charge in [-0.2, -0.15) is 0 Å². The summed E-state index contributed by atoms with van der Waals surface area (Å²) in [6, 6.07) is 19.8. The van der Waals surface area contributed by atoms with Gasteiger partial charge in [0.15, 0.2) is 0 Å². The van der Waals surface area contributed by atoms with Crippen molar-refractivity contribution < 1.29 is 5.11 Å². The van der Waals surface area contributed by atoms with Crippen molar-refractivity contribution in [3.8, 4) is 0 Å². The highest BCUT2D eigenvalue weighted by Gasteiger charge is 2.10. The van der Waals surface area contributed by atoms with E-state index in [0.29, 0.717) is 6.42 Å². The van der Waals surface area contributed by atoms with Crippen LogP contribution in [0, 0.1) is 0 Å². The summed E-state index contributed by atoms with van der Waals surface area (Å²) < 4.78 is 0. The highest BCUT2D eigenvalue weighted by atomic mass is 16.3. The Morgan fingerprint density at radius 1 is 0.941 bits per heavy atom. The van der Waals surface area contributed by atoms with Crippen LogP contribution < -0.4 is 0 Å². The normalized spacial score (nSPS) is 12.1. The number of hydrogen-bond donors (Lipinski definition) is 1. The van der Waals surface area contributed by atoms with Crippen molar-refractivity contribution in [1.82, 2.24) is 0 Å². The van der Waals surface area contributed by atoms with Crippen LogP contribution in [-0.2, 0) is 6.42 Å². The highest BCUT2D eigenvalue weighted by Crippen LogP contribution is 2.18. The Balaban J connectivity index is 2.06. The van der Waals surface area contributed by atoms with E-state index in [1.165, 1.54) is 0 Å². The van der Waals surface area contributed by atoms with Crippen molar-refractivity contribution in [1.29, 1.82) is 0 Å². The van der Waals surface area contributed by atoms with Crippen LogP contribution in [0.2, 0.25) is 0 Å². The van der Waals surface area contributed by atoms with Crippen LogP contribution in [0.5, 0.6) is 0 Å². The molecule has 17 heavy (non-hydrogen) atoms. The molecule has 2 rings (SSSR count). The Morgan fingerprint density at radius 2 is 1.47 bits per heavy atom. The second-order valence-corrected chi connectivity index (χ2v) is 4.10. The van der Waals surface area contributed by atoms with E-state index in [1.54, 1.807) is 0 Å². The van der Waals surface area contributed by atoms with Crippen LogP contribution >= 0.6 is 0 Å². The molecule has 0 spiro atoms. The molecule has 0 aliphatic heterocycles. The van der Waals surface area contributed by atoms with Gasteiger partial charge in [0.1, 0.15) is 0 Å². The fourth-order valence-corrected chi connectivity index (χ4v) is 1.81. The van der Waals surface area contributed by atoms with Gasteiger partial charge >= 0.3 is 0 Å². The van der Waals surface area contributed by atoms with Gasteiger partial charge in [0.2, 0.25) is 0 Å². The number of hydrogen-bond acceptors (Lipinski definition) is 1. The molecule has 0 radical (unpaired) electrons. The van der Waals surface area contributed by atoms with Crippen molar-refractivity contribution in [2.24, 2.45) is 0 Å². The molecule has 0 aliphatic rings. The van der Waals surface area contributed by atoms with E-state index >= 15 is 0 Å². The molecule has 2 aromatic carbocycles. The van der Waals surface area contributed by atoms with E-state index in [0.717, 1.165) is 16.7 Å². The second kappa shape index (κ2) is 5.46. The molecule has 0 saturated heterocycles. The van der Waals surface area contributed by atoms with Gasteiger partial charge in [0, 0.05) is 6.42 Å². The van der Waals surface area contributed by atoms with E-state index < -0.39 is 6.10 Å². The predicted octanol–water partition coefficient (Wildman–Crippen LogP) is 3.30. The summed E-state index contributed by atoms with van der Waals surface area (Å²) in [5.74, 6) is 0. The maximum Gasteiger partial charge on any atom is 0.0830 e.